The van der Waals surface area contributed by atoms with Crippen LogP contribution in [0.25, 0.3) is 0 Å². The molecule has 32 heavy (non-hydrogen) atoms. The van der Waals surface area contributed by atoms with E-state index in [2.05, 4.69) is 0 Å². The Labute approximate surface area is 201 Å². The SMILES string of the molecule is C[C@]12C=CC(=O)C=C1CC[C@@H]1[C@@H]2C(=O)C[C@@]2(C)[C@H]1CC[C@]2(OC(=O)C(Cl)Cl)C(=O)OCCl. The number of carbonyl (C=O) groups excluding carboxylic acids is 4. The van der Waals surface area contributed by atoms with Crippen molar-refractivity contribution >= 4 is 58.3 Å². The number of ether oxygens (including phenoxy) is 2. The van der Waals surface area contributed by atoms with E-state index in [1.807, 2.05) is 19.9 Å². The summed E-state index contributed by atoms with van der Waals surface area (Å²) < 4.78 is 10.8. The maximum absolute atomic E-state index is 13.7. The van der Waals surface area contributed by atoms with Crippen LogP contribution in [0, 0.1) is 28.6 Å². The first-order valence-corrected chi connectivity index (χ1v) is 12.1. The first-order chi connectivity index (χ1) is 15.0. The molecule has 0 bridgehead atoms. The number of alkyl halides is 3. The van der Waals surface area contributed by atoms with Crippen molar-refractivity contribution in [3.05, 3.63) is 23.8 Å². The number of rotatable bonds is 4. The van der Waals surface area contributed by atoms with Gasteiger partial charge in [0.2, 0.25) is 10.4 Å². The van der Waals surface area contributed by atoms with Crippen molar-refractivity contribution in [2.75, 3.05) is 6.07 Å². The molecule has 174 valence electrons. The van der Waals surface area contributed by atoms with Gasteiger partial charge in [0.25, 0.3) is 0 Å². The normalized spacial score (nSPS) is 40.3. The Bertz CT molecular complexity index is 942. The maximum atomic E-state index is 13.7. The Balaban J connectivity index is 1.76. The first-order valence-electron chi connectivity index (χ1n) is 10.7. The molecule has 0 amide bonds. The number of hydrogen-bond acceptors (Lipinski definition) is 6. The molecule has 3 fully saturated rings. The summed E-state index contributed by atoms with van der Waals surface area (Å²) in [5.41, 5.74) is -2.24. The van der Waals surface area contributed by atoms with E-state index in [-0.39, 0.29) is 42.2 Å². The highest BCUT2D eigenvalue weighted by Crippen LogP contribution is 2.67. The summed E-state index contributed by atoms with van der Waals surface area (Å²) in [5.74, 6) is -2.23. The van der Waals surface area contributed by atoms with Crippen molar-refractivity contribution in [1.29, 1.82) is 0 Å². The molecule has 0 radical (unpaired) electrons. The van der Waals surface area contributed by atoms with Gasteiger partial charge in [-0.25, -0.2) is 9.59 Å². The number of ketones is 2. The van der Waals surface area contributed by atoms with E-state index in [1.165, 1.54) is 6.08 Å². The largest absolute Gasteiger partial charge is 0.446 e. The molecule has 0 N–H and O–H groups in total. The Morgan fingerprint density at radius 3 is 2.59 bits per heavy atom. The van der Waals surface area contributed by atoms with E-state index < -0.39 is 39.3 Å². The third-order valence-corrected chi connectivity index (χ3v) is 8.81. The molecule has 4 aliphatic rings. The van der Waals surface area contributed by atoms with E-state index in [9.17, 15) is 19.2 Å². The Hall–Kier alpha value is -1.37. The van der Waals surface area contributed by atoms with E-state index >= 15 is 0 Å². The number of fused-ring (bicyclic) bond motifs is 5. The predicted molar refractivity (Wildman–Crippen MR) is 118 cm³/mol. The predicted octanol–water partition coefficient (Wildman–Crippen LogP) is 4.30. The number of hydrogen-bond donors (Lipinski definition) is 0. The van der Waals surface area contributed by atoms with E-state index in [0.29, 0.717) is 19.3 Å². The second-order valence-corrected chi connectivity index (χ2v) is 11.0. The molecule has 0 aromatic heterocycles. The molecule has 6 nitrogen and oxygen atoms in total. The molecule has 9 heteroatoms. The molecule has 0 aromatic rings. The van der Waals surface area contributed by atoms with E-state index in [4.69, 9.17) is 44.3 Å². The van der Waals surface area contributed by atoms with Gasteiger partial charge >= 0.3 is 11.9 Å². The molecule has 6 atom stereocenters. The van der Waals surface area contributed by atoms with Gasteiger partial charge in [0.1, 0.15) is 5.78 Å². The van der Waals surface area contributed by atoms with Gasteiger partial charge in [-0.2, -0.15) is 0 Å². The minimum Gasteiger partial charge on any atom is -0.446 e. The van der Waals surface area contributed by atoms with Gasteiger partial charge < -0.3 is 9.47 Å². The topological polar surface area (TPSA) is 86.7 Å². The number of allylic oxidation sites excluding steroid dienone is 4. The van der Waals surface area contributed by atoms with Gasteiger partial charge in [-0.15, -0.1) is 0 Å². The van der Waals surface area contributed by atoms with Crippen LogP contribution in [0.3, 0.4) is 0 Å². The fraction of sp³-hybridized carbons (Fsp3) is 0.652. The quantitative estimate of drug-likeness (QED) is 0.420. The maximum Gasteiger partial charge on any atom is 0.352 e. The summed E-state index contributed by atoms with van der Waals surface area (Å²) in [4.78, 5) is 49.7. The van der Waals surface area contributed by atoms with Crippen molar-refractivity contribution in [2.45, 2.75) is 56.4 Å². The van der Waals surface area contributed by atoms with E-state index in [1.54, 1.807) is 6.08 Å². The van der Waals surface area contributed by atoms with Crippen LogP contribution in [-0.4, -0.2) is 40.0 Å². The molecule has 0 unspecified atom stereocenters. The highest BCUT2D eigenvalue weighted by molar-refractivity contribution is 6.53. The highest BCUT2D eigenvalue weighted by atomic mass is 35.5. The fourth-order valence-electron chi connectivity index (χ4n) is 6.94. The van der Waals surface area contributed by atoms with Crippen molar-refractivity contribution in [3.63, 3.8) is 0 Å². The van der Waals surface area contributed by atoms with Gasteiger partial charge in [0.05, 0.1) is 0 Å². The molecular weight excluding hydrogens is 479 g/mol. The first kappa shape index (κ1) is 23.8. The summed E-state index contributed by atoms with van der Waals surface area (Å²) >= 11 is 17.1. The second-order valence-electron chi connectivity index (χ2n) is 9.66. The minimum atomic E-state index is -1.69. The zero-order chi connectivity index (χ0) is 23.5. The summed E-state index contributed by atoms with van der Waals surface area (Å²) in [6.07, 6.45) is 7.24. The van der Waals surface area contributed by atoms with Crippen LogP contribution in [0.2, 0.25) is 0 Å². The van der Waals surface area contributed by atoms with Crippen LogP contribution in [0.1, 0.15) is 46.0 Å². The standard InChI is InChI=1S/C23H25Cl3O6/c1-21-7-5-13(27)9-12(21)3-4-14-15-6-8-23(20(30)31-11-24,32-19(29)18(25)26)22(15,2)10-16(28)17(14)21/h5,7,9,14-15,17-18H,3-4,6,8,10-11H2,1-2H3/t14-,15-,17+,21-,22-,23-/m0/s1. The van der Waals surface area contributed by atoms with Crippen molar-refractivity contribution in [3.8, 4) is 0 Å². The van der Waals surface area contributed by atoms with Crippen LogP contribution in [-0.2, 0) is 28.7 Å². The minimum absolute atomic E-state index is 0.0184. The zero-order valence-corrected chi connectivity index (χ0v) is 20.1. The van der Waals surface area contributed by atoms with Gasteiger partial charge in [0.15, 0.2) is 11.8 Å². The summed E-state index contributed by atoms with van der Waals surface area (Å²) in [6, 6.07) is -0.408. The summed E-state index contributed by atoms with van der Waals surface area (Å²) in [5, 5.41) is 0. The van der Waals surface area contributed by atoms with Gasteiger partial charge in [-0.1, -0.05) is 60.3 Å². The van der Waals surface area contributed by atoms with Crippen LogP contribution < -0.4 is 0 Å². The summed E-state index contributed by atoms with van der Waals surface area (Å²) in [7, 11) is 0. The molecular formula is C23H25Cl3O6. The van der Waals surface area contributed by atoms with Crippen molar-refractivity contribution in [2.24, 2.45) is 28.6 Å². The van der Waals surface area contributed by atoms with Gasteiger partial charge in [-0.3, -0.25) is 9.59 Å². The third kappa shape index (κ3) is 3.28. The van der Waals surface area contributed by atoms with E-state index in [0.717, 1.165) is 5.57 Å². The highest BCUT2D eigenvalue weighted by Gasteiger charge is 2.71. The number of halogens is 3. The Morgan fingerprint density at radius 2 is 1.94 bits per heavy atom. The van der Waals surface area contributed by atoms with Crippen molar-refractivity contribution in [1.82, 2.24) is 0 Å². The summed E-state index contributed by atoms with van der Waals surface area (Å²) in [6.45, 7) is 3.82. The lowest BCUT2D eigenvalue weighted by atomic mass is 9.47. The van der Waals surface area contributed by atoms with Crippen LogP contribution in [0.15, 0.2) is 23.8 Å². The molecule has 4 aliphatic carbocycles. The lowest BCUT2D eigenvalue weighted by molar-refractivity contribution is -0.202. The number of carbonyl (C=O) groups is 4. The molecule has 0 heterocycles. The van der Waals surface area contributed by atoms with Crippen LogP contribution >= 0.6 is 34.8 Å². The Morgan fingerprint density at radius 1 is 1.22 bits per heavy atom. The lowest BCUT2D eigenvalue weighted by Gasteiger charge is -2.56. The fourth-order valence-corrected chi connectivity index (χ4v) is 7.13. The number of esters is 2. The third-order valence-electron chi connectivity index (χ3n) is 8.35. The smallest absolute Gasteiger partial charge is 0.352 e. The monoisotopic (exact) mass is 502 g/mol. The zero-order valence-electron chi connectivity index (χ0n) is 17.9. The average molecular weight is 504 g/mol. The molecule has 0 saturated heterocycles. The van der Waals surface area contributed by atoms with Crippen LogP contribution in [0.5, 0.6) is 0 Å². The van der Waals surface area contributed by atoms with Gasteiger partial charge in [0, 0.05) is 23.2 Å². The molecule has 0 aliphatic heterocycles. The second kappa shape index (κ2) is 8.14. The molecule has 4 rings (SSSR count). The molecule has 0 aromatic carbocycles. The molecule has 0 spiro atoms. The number of Topliss-reactive ketones (excluding diaryl/α,β-unsaturated/α-hetero) is 1. The van der Waals surface area contributed by atoms with Gasteiger partial charge in [-0.05, 0) is 49.7 Å². The average Bonchev–Trinajstić information content (AvgIpc) is 3.01. The molecule has 3 saturated carbocycles. The van der Waals surface area contributed by atoms with Crippen LogP contribution in [0.4, 0.5) is 0 Å². The lowest BCUT2D eigenvalue weighted by Crippen LogP contribution is -2.62. The Kier molecular flexibility index (Phi) is 6.05. The van der Waals surface area contributed by atoms with Crippen molar-refractivity contribution < 1.29 is 28.7 Å².